The lowest BCUT2D eigenvalue weighted by molar-refractivity contribution is -0.117. The predicted octanol–water partition coefficient (Wildman–Crippen LogP) is 1.02. The number of amides is 3. The molecule has 1 aliphatic carbocycles. The molecule has 0 saturated heterocycles. The number of nitrogens with zero attached hydrogens (tertiary/aromatic N) is 1. The number of hydrazone groups is 1. The summed E-state index contributed by atoms with van der Waals surface area (Å²) in [6, 6.07) is 6.51. The number of primary amides is 1. The molecule has 116 valence electrons. The van der Waals surface area contributed by atoms with Crippen LogP contribution in [0.5, 0.6) is 0 Å². The Morgan fingerprint density at radius 1 is 1.23 bits per heavy atom. The van der Waals surface area contributed by atoms with E-state index >= 15 is 0 Å². The number of rotatable bonds is 6. The van der Waals surface area contributed by atoms with Gasteiger partial charge in [-0.1, -0.05) is 0 Å². The average molecular weight is 302 g/mol. The third kappa shape index (κ3) is 4.69. The van der Waals surface area contributed by atoms with Crippen LogP contribution < -0.4 is 16.5 Å². The smallest absolute Gasteiger partial charge is 0.271 e. The fraction of sp³-hybridized carbons (Fsp3) is 0.333. The number of anilines is 1. The molecule has 22 heavy (non-hydrogen) atoms. The number of carbonyl (C=O) groups excluding carboxylic acids is 3. The lowest BCUT2D eigenvalue weighted by Crippen LogP contribution is -2.21. The Hall–Kier alpha value is -2.70. The van der Waals surface area contributed by atoms with Crippen LogP contribution in [0.25, 0.3) is 0 Å². The molecule has 0 aromatic heterocycles. The maximum Gasteiger partial charge on any atom is 0.271 e. The van der Waals surface area contributed by atoms with Crippen LogP contribution in [0.2, 0.25) is 0 Å². The summed E-state index contributed by atoms with van der Waals surface area (Å²) in [5.41, 5.74) is 8.85. The highest BCUT2D eigenvalue weighted by Gasteiger charge is 2.29. The van der Waals surface area contributed by atoms with Gasteiger partial charge in [0.15, 0.2) is 0 Å². The summed E-state index contributed by atoms with van der Waals surface area (Å²) in [6.45, 7) is 1.60. The van der Waals surface area contributed by atoms with Crippen LogP contribution in [-0.2, 0) is 9.59 Å². The highest BCUT2D eigenvalue weighted by Crippen LogP contribution is 2.30. The van der Waals surface area contributed by atoms with Crippen molar-refractivity contribution in [2.75, 3.05) is 5.32 Å². The third-order valence-corrected chi connectivity index (χ3v) is 3.14. The Morgan fingerprint density at radius 2 is 1.86 bits per heavy atom. The molecule has 1 aliphatic rings. The molecule has 2 rings (SSSR count). The molecule has 0 unspecified atom stereocenters. The quantitative estimate of drug-likeness (QED) is 0.538. The van der Waals surface area contributed by atoms with Crippen LogP contribution >= 0.6 is 0 Å². The van der Waals surface area contributed by atoms with Crippen molar-refractivity contribution >= 4 is 29.1 Å². The van der Waals surface area contributed by atoms with Gasteiger partial charge in [0, 0.05) is 22.9 Å². The summed E-state index contributed by atoms with van der Waals surface area (Å²) in [6.07, 6.45) is 1.87. The molecule has 3 amide bonds. The number of hydrogen-bond acceptors (Lipinski definition) is 4. The van der Waals surface area contributed by atoms with E-state index in [1.165, 1.54) is 0 Å². The highest BCUT2D eigenvalue weighted by atomic mass is 16.2. The minimum absolute atomic E-state index is 0.00752. The summed E-state index contributed by atoms with van der Waals surface area (Å²) in [5.74, 6) is -0.760. The number of benzene rings is 1. The summed E-state index contributed by atoms with van der Waals surface area (Å²) < 4.78 is 0. The highest BCUT2D eigenvalue weighted by molar-refractivity contribution is 6.01. The molecular weight excluding hydrogens is 284 g/mol. The molecule has 1 fully saturated rings. The van der Waals surface area contributed by atoms with Crippen LogP contribution in [0.15, 0.2) is 29.4 Å². The van der Waals surface area contributed by atoms with E-state index in [-0.39, 0.29) is 18.2 Å². The first-order valence-electron chi connectivity index (χ1n) is 6.98. The van der Waals surface area contributed by atoms with Gasteiger partial charge in [-0.3, -0.25) is 14.4 Å². The van der Waals surface area contributed by atoms with Gasteiger partial charge in [0.25, 0.3) is 5.91 Å². The van der Waals surface area contributed by atoms with E-state index in [0.29, 0.717) is 17.0 Å². The van der Waals surface area contributed by atoms with Crippen molar-refractivity contribution in [3.05, 3.63) is 29.8 Å². The molecule has 7 nitrogen and oxygen atoms in total. The number of carbonyl (C=O) groups is 3. The van der Waals surface area contributed by atoms with Crippen molar-refractivity contribution in [3.8, 4) is 0 Å². The number of nitrogens with one attached hydrogen (secondary N) is 2. The summed E-state index contributed by atoms with van der Waals surface area (Å²) in [4.78, 5) is 34.2. The first-order valence-corrected chi connectivity index (χ1v) is 6.98. The first-order chi connectivity index (χ1) is 10.5. The van der Waals surface area contributed by atoms with Crippen molar-refractivity contribution in [2.24, 2.45) is 16.8 Å². The topological polar surface area (TPSA) is 114 Å². The van der Waals surface area contributed by atoms with E-state index in [2.05, 4.69) is 15.8 Å². The maximum atomic E-state index is 11.9. The lowest BCUT2D eigenvalue weighted by Gasteiger charge is -2.05. The lowest BCUT2D eigenvalue weighted by atomic mass is 10.2. The van der Waals surface area contributed by atoms with E-state index in [1.807, 2.05) is 0 Å². The van der Waals surface area contributed by atoms with Crippen LogP contribution in [0.3, 0.4) is 0 Å². The summed E-state index contributed by atoms with van der Waals surface area (Å²) in [7, 11) is 0. The molecule has 7 heteroatoms. The van der Waals surface area contributed by atoms with Gasteiger partial charge < -0.3 is 11.1 Å². The van der Waals surface area contributed by atoms with Gasteiger partial charge in [0.2, 0.25) is 11.8 Å². The van der Waals surface area contributed by atoms with Crippen molar-refractivity contribution in [1.82, 2.24) is 5.43 Å². The van der Waals surface area contributed by atoms with E-state index in [9.17, 15) is 14.4 Å². The normalized spacial score (nSPS) is 14.3. The second-order valence-corrected chi connectivity index (χ2v) is 5.27. The zero-order valence-corrected chi connectivity index (χ0v) is 12.3. The molecular formula is C15H18N4O3. The molecule has 4 N–H and O–H groups in total. The van der Waals surface area contributed by atoms with E-state index < -0.39 is 11.8 Å². The molecule has 0 bridgehead atoms. The Kier molecular flexibility index (Phi) is 4.88. The largest absolute Gasteiger partial charge is 0.369 e. The fourth-order valence-electron chi connectivity index (χ4n) is 1.80. The van der Waals surface area contributed by atoms with Gasteiger partial charge in [-0.2, -0.15) is 5.10 Å². The van der Waals surface area contributed by atoms with Crippen LogP contribution in [0, 0.1) is 5.92 Å². The standard InChI is InChI=1S/C15H18N4O3/c1-9(8-13(16)20)18-19-15(22)11-4-6-12(7-5-11)17-14(21)10-2-3-10/h4-7,10H,2-3,8H2,1H3,(H2,16,20)(H,17,21)(H,19,22)/b18-9+. The predicted molar refractivity (Wildman–Crippen MR) is 82.2 cm³/mol. The van der Waals surface area contributed by atoms with Gasteiger partial charge in [-0.25, -0.2) is 5.43 Å². The van der Waals surface area contributed by atoms with Crippen molar-refractivity contribution < 1.29 is 14.4 Å². The van der Waals surface area contributed by atoms with Crippen molar-refractivity contribution in [1.29, 1.82) is 0 Å². The minimum Gasteiger partial charge on any atom is -0.369 e. The molecule has 0 heterocycles. The van der Waals surface area contributed by atoms with E-state index in [0.717, 1.165) is 12.8 Å². The number of hydrogen-bond donors (Lipinski definition) is 3. The Bertz CT molecular complexity index is 618. The Balaban J connectivity index is 1.90. The van der Waals surface area contributed by atoms with Crippen LogP contribution in [-0.4, -0.2) is 23.4 Å². The fourth-order valence-corrected chi connectivity index (χ4v) is 1.80. The molecule has 0 aliphatic heterocycles. The van der Waals surface area contributed by atoms with Crippen LogP contribution in [0.1, 0.15) is 36.5 Å². The van der Waals surface area contributed by atoms with E-state index in [1.54, 1.807) is 31.2 Å². The zero-order chi connectivity index (χ0) is 16.1. The van der Waals surface area contributed by atoms with Gasteiger partial charge in [-0.05, 0) is 44.0 Å². The Morgan fingerprint density at radius 3 is 2.41 bits per heavy atom. The molecule has 1 aromatic carbocycles. The van der Waals surface area contributed by atoms with Crippen molar-refractivity contribution in [2.45, 2.75) is 26.2 Å². The van der Waals surface area contributed by atoms with Gasteiger partial charge >= 0.3 is 0 Å². The second-order valence-electron chi connectivity index (χ2n) is 5.27. The minimum atomic E-state index is -0.508. The van der Waals surface area contributed by atoms with Gasteiger partial charge in [-0.15, -0.1) is 0 Å². The van der Waals surface area contributed by atoms with E-state index in [4.69, 9.17) is 5.73 Å². The second kappa shape index (κ2) is 6.84. The van der Waals surface area contributed by atoms with Gasteiger partial charge in [0.1, 0.15) is 0 Å². The third-order valence-electron chi connectivity index (χ3n) is 3.14. The average Bonchev–Trinajstić information content (AvgIpc) is 3.29. The van der Waals surface area contributed by atoms with Gasteiger partial charge in [0.05, 0.1) is 6.42 Å². The summed E-state index contributed by atoms with van der Waals surface area (Å²) in [5, 5.41) is 6.58. The zero-order valence-electron chi connectivity index (χ0n) is 12.3. The molecule has 0 radical (unpaired) electrons. The van der Waals surface area contributed by atoms with Crippen LogP contribution in [0.4, 0.5) is 5.69 Å². The monoisotopic (exact) mass is 302 g/mol. The molecule has 1 aromatic rings. The number of nitrogens with two attached hydrogens (primary N) is 1. The molecule has 0 spiro atoms. The Labute approximate surface area is 127 Å². The molecule has 1 saturated carbocycles. The summed E-state index contributed by atoms with van der Waals surface area (Å²) >= 11 is 0. The molecule has 0 atom stereocenters. The maximum absolute atomic E-state index is 11.9. The van der Waals surface area contributed by atoms with Crippen molar-refractivity contribution in [3.63, 3.8) is 0 Å². The first kappa shape index (κ1) is 15.7. The SMILES string of the molecule is C/C(CC(N)=O)=N\NC(=O)c1ccc(NC(=O)C2CC2)cc1.